The number of halogens is 1. The Balaban J connectivity index is 1.88. The van der Waals surface area contributed by atoms with Gasteiger partial charge in [-0.05, 0) is 25.0 Å². The molecular formula is C14H19FN2. The lowest BCUT2D eigenvalue weighted by molar-refractivity contribution is 0.282. The van der Waals surface area contributed by atoms with E-state index in [1.807, 2.05) is 12.1 Å². The molecule has 2 nitrogen and oxygen atoms in total. The fourth-order valence-corrected chi connectivity index (χ4v) is 3.24. The highest BCUT2D eigenvalue weighted by molar-refractivity contribution is 5.49. The highest BCUT2D eigenvalue weighted by atomic mass is 19.1. The molecule has 3 rings (SSSR count). The Bertz CT molecular complexity index is 392. The van der Waals surface area contributed by atoms with Crippen molar-refractivity contribution in [1.29, 1.82) is 0 Å². The van der Waals surface area contributed by atoms with Gasteiger partial charge >= 0.3 is 0 Å². The summed E-state index contributed by atoms with van der Waals surface area (Å²) in [5, 5.41) is 3.58. The van der Waals surface area contributed by atoms with Crippen LogP contribution in [0.2, 0.25) is 0 Å². The topological polar surface area (TPSA) is 15.3 Å². The van der Waals surface area contributed by atoms with Gasteiger partial charge in [0.05, 0.1) is 5.69 Å². The van der Waals surface area contributed by atoms with E-state index in [1.165, 1.54) is 25.7 Å². The summed E-state index contributed by atoms with van der Waals surface area (Å²) >= 11 is 0. The number of hydrogen-bond donors (Lipinski definition) is 1. The van der Waals surface area contributed by atoms with Crippen LogP contribution in [0.4, 0.5) is 10.1 Å². The van der Waals surface area contributed by atoms with E-state index in [1.54, 1.807) is 12.1 Å². The zero-order valence-corrected chi connectivity index (χ0v) is 10.0. The number of para-hydroxylation sites is 1. The summed E-state index contributed by atoms with van der Waals surface area (Å²) in [4.78, 5) is 2.27. The Morgan fingerprint density at radius 3 is 2.88 bits per heavy atom. The van der Waals surface area contributed by atoms with E-state index in [4.69, 9.17) is 0 Å². The standard InChI is InChI=1S/C14H19FN2/c15-11-5-1-3-7-13(11)17-10-9-16-12-6-2-4-8-14(12)17/h1,3,5,7,12,14,16H,2,4,6,8-10H2/t12-,14+/m1/s1. The minimum atomic E-state index is -0.0845. The third kappa shape index (κ3) is 2.04. The highest BCUT2D eigenvalue weighted by Gasteiger charge is 2.33. The second kappa shape index (κ2) is 4.65. The summed E-state index contributed by atoms with van der Waals surface area (Å²) in [5.41, 5.74) is 0.783. The van der Waals surface area contributed by atoms with E-state index >= 15 is 0 Å². The Morgan fingerprint density at radius 2 is 2.00 bits per heavy atom. The maximum atomic E-state index is 13.9. The van der Waals surface area contributed by atoms with E-state index in [2.05, 4.69) is 10.2 Å². The largest absolute Gasteiger partial charge is 0.363 e. The molecule has 3 heteroatoms. The lowest BCUT2D eigenvalue weighted by Crippen LogP contribution is -2.59. The second-order valence-electron chi connectivity index (χ2n) is 5.06. The van der Waals surface area contributed by atoms with Crippen molar-refractivity contribution in [3.05, 3.63) is 30.1 Å². The van der Waals surface area contributed by atoms with Gasteiger partial charge in [-0.2, -0.15) is 0 Å². The summed E-state index contributed by atoms with van der Waals surface area (Å²) in [7, 11) is 0. The van der Waals surface area contributed by atoms with Gasteiger partial charge in [-0.3, -0.25) is 0 Å². The smallest absolute Gasteiger partial charge is 0.146 e. The summed E-state index contributed by atoms with van der Waals surface area (Å²) in [6.45, 7) is 1.89. The van der Waals surface area contributed by atoms with Gasteiger partial charge in [0.25, 0.3) is 0 Å². The first-order valence-electron chi connectivity index (χ1n) is 6.61. The van der Waals surface area contributed by atoms with Crippen molar-refractivity contribution in [1.82, 2.24) is 5.32 Å². The van der Waals surface area contributed by atoms with Crippen molar-refractivity contribution >= 4 is 5.69 Å². The van der Waals surface area contributed by atoms with Crippen LogP contribution in [0.1, 0.15) is 25.7 Å². The lowest BCUT2D eigenvalue weighted by atomic mass is 9.87. The first kappa shape index (κ1) is 11.0. The molecule has 1 saturated heterocycles. The Hall–Kier alpha value is -1.09. The number of nitrogens with one attached hydrogen (secondary N) is 1. The zero-order chi connectivity index (χ0) is 11.7. The van der Waals surface area contributed by atoms with Gasteiger partial charge in [0.15, 0.2) is 0 Å². The van der Waals surface area contributed by atoms with Gasteiger partial charge in [0.1, 0.15) is 5.82 Å². The van der Waals surface area contributed by atoms with Crippen molar-refractivity contribution in [2.24, 2.45) is 0 Å². The molecule has 2 aliphatic rings. The van der Waals surface area contributed by atoms with Crippen LogP contribution in [0.5, 0.6) is 0 Å². The summed E-state index contributed by atoms with van der Waals surface area (Å²) in [5.74, 6) is -0.0845. The third-order valence-corrected chi connectivity index (χ3v) is 4.05. The number of anilines is 1. The first-order valence-corrected chi connectivity index (χ1v) is 6.61. The number of rotatable bonds is 1. The minimum absolute atomic E-state index is 0.0845. The molecule has 92 valence electrons. The van der Waals surface area contributed by atoms with E-state index < -0.39 is 0 Å². The molecule has 1 aromatic carbocycles. The molecule has 1 heterocycles. The van der Waals surface area contributed by atoms with E-state index in [0.717, 1.165) is 18.8 Å². The van der Waals surface area contributed by atoms with Crippen LogP contribution in [0, 0.1) is 5.82 Å². The molecule has 0 amide bonds. The lowest BCUT2D eigenvalue weighted by Gasteiger charge is -2.46. The van der Waals surface area contributed by atoms with Crippen LogP contribution in [-0.2, 0) is 0 Å². The maximum absolute atomic E-state index is 13.9. The Morgan fingerprint density at radius 1 is 1.18 bits per heavy atom. The normalized spacial score (nSPS) is 28.9. The molecule has 1 N–H and O–H groups in total. The average Bonchev–Trinajstić information content (AvgIpc) is 2.39. The molecule has 0 unspecified atom stereocenters. The summed E-state index contributed by atoms with van der Waals surface area (Å²) in [6.07, 6.45) is 4.99. The van der Waals surface area contributed by atoms with Gasteiger partial charge in [-0.25, -0.2) is 4.39 Å². The SMILES string of the molecule is Fc1ccccc1N1CCN[C@@H]2CCCC[C@@H]21. The summed E-state index contributed by atoms with van der Waals surface area (Å²) < 4.78 is 13.9. The molecule has 17 heavy (non-hydrogen) atoms. The van der Waals surface area contributed by atoms with Crippen molar-refractivity contribution in [2.75, 3.05) is 18.0 Å². The van der Waals surface area contributed by atoms with Crippen molar-refractivity contribution in [3.63, 3.8) is 0 Å². The number of piperazine rings is 1. The molecule has 1 saturated carbocycles. The molecule has 2 atom stereocenters. The predicted molar refractivity (Wildman–Crippen MR) is 67.8 cm³/mol. The second-order valence-corrected chi connectivity index (χ2v) is 5.06. The molecular weight excluding hydrogens is 215 g/mol. The molecule has 0 spiro atoms. The molecule has 1 aliphatic carbocycles. The Labute approximate surface area is 102 Å². The number of fused-ring (bicyclic) bond motifs is 1. The molecule has 0 radical (unpaired) electrons. The zero-order valence-electron chi connectivity index (χ0n) is 10.0. The van der Waals surface area contributed by atoms with Crippen molar-refractivity contribution < 1.29 is 4.39 Å². The van der Waals surface area contributed by atoms with Crippen LogP contribution < -0.4 is 10.2 Å². The quantitative estimate of drug-likeness (QED) is 0.803. The van der Waals surface area contributed by atoms with Crippen LogP contribution in [0.15, 0.2) is 24.3 Å². The third-order valence-electron chi connectivity index (χ3n) is 4.05. The molecule has 2 fully saturated rings. The van der Waals surface area contributed by atoms with Crippen LogP contribution in [-0.4, -0.2) is 25.2 Å². The fraction of sp³-hybridized carbons (Fsp3) is 0.571. The van der Waals surface area contributed by atoms with E-state index in [9.17, 15) is 4.39 Å². The van der Waals surface area contributed by atoms with Crippen LogP contribution >= 0.6 is 0 Å². The van der Waals surface area contributed by atoms with Gasteiger partial charge in [0.2, 0.25) is 0 Å². The molecule has 0 bridgehead atoms. The number of hydrogen-bond acceptors (Lipinski definition) is 2. The fourth-order valence-electron chi connectivity index (χ4n) is 3.24. The minimum Gasteiger partial charge on any atom is -0.363 e. The van der Waals surface area contributed by atoms with E-state index in [0.29, 0.717) is 12.1 Å². The first-order chi connectivity index (χ1) is 8.36. The van der Waals surface area contributed by atoms with Gasteiger partial charge in [0, 0.05) is 25.2 Å². The number of nitrogens with zero attached hydrogens (tertiary/aromatic N) is 1. The van der Waals surface area contributed by atoms with Gasteiger partial charge in [-0.1, -0.05) is 25.0 Å². The predicted octanol–water partition coefficient (Wildman–Crippen LogP) is 2.55. The highest BCUT2D eigenvalue weighted by Crippen LogP contribution is 2.30. The van der Waals surface area contributed by atoms with Gasteiger partial charge < -0.3 is 10.2 Å². The maximum Gasteiger partial charge on any atom is 0.146 e. The van der Waals surface area contributed by atoms with E-state index in [-0.39, 0.29) is 5.82 Å². The molecule has 1 aliphatic heterocycles. The van der Waals surface area contributed by atoms with Crippen LogP contribution in [0.3, 0.4) is 0 Å². The van der Waals surface area contributed by atoms with Gasteiger partial charge in [-0.15, -0.1) is 0 Å². The van der Waals surface area contributed by atoms with Crippen molar-refractivity contribution in [3.8, 4) is 0 Å². The monoisotopic (exact) mass is 234 g/mol. The Kier molecular flexibility index (Phi) is 3.02. The molecule has 0 aromatic heterocycles. The van der Waals surface area contributed by atoms with Crippen molar-refractivity contribution in [2.45, 2.75) is 37.8 Å². The van der Waals surface area contributed by atoms with Crippen LogP contribution in [0.25, 0.3) is 0 Å². The summed E-state index contributed by atoms with van der Waals surface area (Å²) in [6, 6.07) is 8.20. The average molecular weight is 234 g/mol. The molecule has 1 aromatic rings. The number of benzene rings is 1.